The molecule has 2 unspecified atom stereocenters. The lowest BCUT2D eigenvalue weighted by Gasteiger charge is -2.23. The number of fused-ring (bicyclic) bond motifs is 1. The van der Waals surface area contributed by atoms with Crippen LogP contribution in [-0.4, -0.2) is 26.7 Å². The lowest BCUT2D eigenvalue weighted by molar-refractivity contribution is -0.133. The van der Waals surface area contributed by atoms with Gasteiger partial charge >= 0.3 is 0 Å². The van der Waals surface area contributed by atoms with E-state index in [0.29, 0.717) is 6.47 Å². The minimum atomic E-state index is 0.246. The Morgan fingerprint density at radius 2 is 1.60 bits per heavy atom. The lowest BCUT2D eigenvalue weighted by Crippen LogP contribution is -2.12. The first kappa shape index (κ1) is 12.5. The molecule has 2 aliphatic carbocycles. The van der Waals surface area contributed by atoms with Crippen LogP contribution in [-0.2, 0) is 9.53 Å². The van der Waals surface area contributed by atoms with Crippen LogP contribution in [0.3, 0.4) is 0 Å². The van der Waals surface area contributed by atoms with Crippen LogP contribution in [0.5, 0.6) is 0 Å². The van der Waals surface area contributed by atoms with Crippen LogP contribution in [0, 0.1) is 11.8 Å². The predicted octanol–water partition coefficient (Wildman–Crippen LogP) is 1.96. The highest BCUT2D eigenvalue weighted by molar-refractivity contribution is 5.37. The maximum Gasteiger partial charge on any atom is 0.293 e. The Kier molecular flexibility index (Phi) is 5.69. The van der Waals surface area contributed by atoms with E-state index in [9.17, 15) is 4.79 Å². The number of nitrogens with one attached hydrogen (secondary N) is 1. The molecule has 1 N–H and O–H groups in total. The molecule has 0 saturated heterocycles. The van der Waals surface area contributed by atoms with Crippen LogP contribution in [0.25, 0.3) is 0 Å². The van der Waals surface area contributed by atoms with Crippen LogP contribution in [0.4, 0.5) is 0 Å². The minimum absolute atomic E-state index is 0.246. The minimum Gasteiger partial charge on any atom is -0.465 e. The van der Waals surface area contributed by atoms with Crippen LogP contribution in [0.1, 0.15) is 38.5 Å². The van der Waals surface area contributed by atoms with Gasteiger partial charge in [-0.25, -0.2) is 0 Å². The van der Waals surface area contributed by atoms with Crippen LogP contribution in [0.15, 0.2) is 0 Å². The van der Waals surface area contributed by atoms with E-state index >= 15 is 0 Å². The highest BCUT2D eigenvalue weighted by Crippen LogP contribution is 2.42. The van der Waals surface area contributed by atoms with Gasteiger partial charge < -0.3 is 10.1 Å². The topological polar surface area (TPSA) is 38.3 Å². The van der Waals surface area contributed by atoms with Crippen molar-refractivity contribution < 1.29 is 9.53 Å². The Bertz CT molecular complexity index is 170. The maximum atomic E-state index is 10.1. The second-order valence-corrected chi connectivity index (χ2v) is 4.63. The monoisotopic (exact) mass is 213 g/mol. The van der Waals surface area contributed by atoms with Crippen LogP contribution >= 0.6 is 0 Å². The molecule has 0 amide bonds. The Morgan fingerprint density at radius 3 is 2.00 bits per heavy atom. The molecule has 2 aliphatic rings. The summed E-state index contributed by atoms with van der Waals surface area (Å²) in [5.41, 5.74) is 0. The summed E-state index contributed by atoms with van der Waals surface area (Å²) >= 11 is 0. The van der Waals surface area contributed by atoms with E-state index in [1.165, 1.54) is 25.7 Å². The van der Waals surface area contributed by atoms with E-state index in [-0.39, 0.29) is 6.10 Å². The van der Waals surface area contributed by atoms with Crippen molar-refractivity contribution in [1.29, 1.82) is 0 Å². The summed E-state index contributed by atoms with van der Waals surface area (Å²) in [4.78, 5) is 10.1. The molecular formula is C12H23NO2. The fourth-order valence-electron chi connectivity index (χ4n) is 2.87. The summed E-state index contributed by atoms with van der Waals surface area (Å²) in [5, 5.41) is 2.75. The van der Waals surface area contributed by atoms with Gasteiger partial charge in [0.2, 0.25) is 0 Å². The molecule has 3 nitrogen and oxygen atoms in total. The molecular weight excluding hydrogens is 190 g/mol. The first-order chi connectivity index (χ1) is 7.31. The highest BCUT2D eigenvalue weighted by atomic mass is 16.5. The van der Waals surface area contributed by atoms with Crippen molar-refractivity contribution in [2.75, 3.05) is 14.1 Å². The maximum absolute atomic E-state index is 10.1. The lowest BCUT2D eigenvalue weighted by atomic mass is 9.82. The number of carbonyl (C=O) groups is 1. The third kappa shape index (κ3) is 3.82. The average molecular weight is 213 g/mol. The number of hydrogen-bond acceptors (Lipinski definition) is 3. The highest BCUT2D eigenvalue weighted by Gasteiger charge is 2.36. The van der Waals surface area contributed by atoms with Crippen molar-refractivity contribution in [2.24, 2.45) is 11.8 Å². The van der Waals surface area contributed by atoms with E-state index < -0.39 is 0 Å². The van der Waals surface area contributed by atoms with Crippen molar-refractivity contribution >= 4 is 6.47 Å². The van der Waals surface area contributed by atoms with E-state index in [2.05, 4.69) is 5.32 Å². The van der Waals surface area contributed by atoms with Gasteiger partial charge in [0.05, 0.1) is 0 Å². The van der Waals surface area contributed by atoms with Gasteiger partial charge in [-0.15, -0.1) is 0 Å². The Hall–Kier alpha value is -0.570. The first-order valence-corrected chi connectivity index (χ1v) is 5.99. The second kappa shape index (κ2) is 6.83. The molecule has 88 valence electrons. The fourth-order valence-corrected chi connectivity index (χ4v) is 2.87. The van der Waals surface area contributed by atoms with E-state index in [4.69, 9.17) is 4.74 Å². The summed E-state index contributed by atoms with van der Waals surface area (Å²) in [6.07, 6.45) is 8.00. The summed E-state index contributed by atoms with van der Waals surface area (Å²) in [7, 11) is 3.75. The summed E-state index contributed by atoms with van der Waals surface area (Å²) in [5.74, 6) is 1.73. The normalized spacial score (nSPS) is 33.6. The third-order valence-corrected chi connectivity index (χ3v) is 3.45. The zero-order valence-electron chi connectivity index (χ0n) is 9.87. The van der Waals surface area contributed by atoms with Crippen molar-refractivity contribution in [3.63, 3.8) is 0 Å². The molecule has 0 radical (unpaired) electrons. The molecule has 2 rings (SSSR count). The molecule has 0 bridgehead atoms. The van der Waals surface area contributed by atoms with Gasteiger partial charge in [0, 0.05) is 0 Å². The smallest absolute Gasteiger partial charge is 0.293 e. The van der Waals surface area contributed by atoms with Gasteiger partial charge in [0.25, 0.3) is 6.47 Å². The van der Waals surface area contributed by atoms with E-state index in [1.807, 2.05) is 14.1 Å². The molecule has 0 aromatic rings. The van der Waals surface area contributed by atoms with Gasteiger partial charge in [0.15, 0.2) is 0 Å². The van der Waals surface area contributed by atoms with Crippen molar-refractivity contribution in [3.05, 3.63) is 0 Å². The SMILES string of the molecule is CNC.O=COC1CC2CCCCC2C1. The van der Waals surface area contributed by atoms with Crippen LogP contribution < -0.4 is 5.32 Å². The quantitative estimate of drug-likeness (QED) is 0.713. The van der Waals surface area contributed by atoms with E-state index in [0.717, 1.165) is 24.7 Å². The Labute approximate surface area is 92.6 Å². The molecule has 2 atom stereocenters. The van der Waals surface area contributed by atoms with Gasteiger partial charge in [0.1, 0.15) is 6.10 Å². The number of ether oxygens (including phenoxy) is 1. The number of hydrogen-bond donors (Lipinski definition) is 1. The number of rotatable bonds is 2. The first-order valence-electron chi connectivity index (χ1n) is 5.99. The second-order valence-electron chi connectivity index (χ2n) is 4.63. The summed E-state index contributed by atoms with van der Waals surface area (Å²) in [6.45, 7) is 0.613. The van der Waals surface area contributed by atoms with Crippen molar-refractivity contribution in [2.45, 2.75) is 44.6 Å². The molecule has 0 aliphatic heterocycles. The Balaban J connectivity index is 0.000000337. The van der Waals surface area contributed by atoms with E-state index in [1.54, 1.807) is 0 Å². The molecule has 0 aromatic carbocycles. The predicted molar refractivity (Wildman–Crippen MR) is 60.6 cm³/mol. The fraction of sp³-hybridized carbons (Fsp3) is 0.917. The average Bonchev–Trinajstić information content (AvgIpc) is 2.61. The largest absolute Gasteiger partial charge is 0.465 e. The summed E-state index contributed by atoms with van der Waals surface area (Å²) in [6, 6.07) is 0. The van der Waals surface area contributed by atoms with Crippen molar-refractivity contribution in [3.8, 4) is 0 Å². The standard InChI is InChI=1S/C10H16O2.C2H7N/c11-7-12-10-5-8-3-1-2-4-9(8)6-10;1-3-2/h7-10H,1-6H2;3H,1-2H3. The van der Waals surface area contributed by atoms with Gasteiger partial charge in [-0.05, 0) is 38.8 Å². The van der Waals surface area contributed by atoms with Crippen LogP contribution in [0.2, 0.25) is 0 Å². The zero-order valence-corrected chi connectivity index (χ0v) is 9.87. The zero-order chi connectivity index (χ0) is 11.1. The Morgan fingerprint density at radius 1 is 1.13 bits per heavy atom. The number of carbonyl (C=O) groups excluding carboxylic acids is 1. The van der Waals surface area contributed by atoms with Crippen molar-refractivity contribution in [1.82, 2.24) is 5.32 Å². The molecule has 15 heavy (non-hydrogen) atoms. The third-order valence-electron chi connectivity index (χ3n) is 3.45. The van der Waals surface area contributed by atoms with Gasteiger partial charge in [-0.3, -0.25) is 4.79 Å². The molecule has 2 saturated carbocycles. The van der Waals surface area contributed by atoms with Gasteiger partial charge in [-0.2, -0.15) is 0 Å². The summed E-state index contributed by atoms with van der Waals surface area (Å²) < 4.78 is 5.01. The van der Waals surface area contributed by atoms with Gasteiger partial charge in [-0.1, -0.05) is 25.7 Å². The molecule has 2 fully saturated rings. The molecule has 0 heterocycles. The molecule has 3 heteroatoms. The molecule has 0 spiro atoms. The molecule has 0 aromatic heterocycles.